The molecule has 2 N–H and O–H groups in total. The number of hydrogen-bond donors (Lipinski definition) is 1. The van der Waals surface area contributed by atoms with Gasteiger partial charge in [0.1, 0.15) is 11.1 Å². The maximum atomic E-state index is 9.26. The molecule has 2 aliphatic rings. The second-order valence-corrected chi connectivity index (χ2v) is 6.92. The molecular formula is C13H16N2S. The van der Waals surface area contributed by atoms with Crippen molar-refractivity contribution in [1.29, 1.82) is 5.26 Å². The molecule has 2 atom stereocenters. The van der Waals surface area contributed by atoms with E-state index in [-0.39, 0.29) is 10.8 Å². The SMILES string of the molecule is CC1(C)[C@@H]2CC[C@]1(C)c1c2sc(N)c1C#N. The van der Waals surface area contributed by atoms with Gasteiger partial charge in [0.25, 0.3) is 0 Å². The summed E-state index contributed by atoms with van der Waals surface area (Å²) >= 11 is 1.65. The van der Waals surface area contributed by atoms with Gasteiger partial charge in [-0.2, -0.15) is 5.26 Å². The first-order valence-corrected chi connectivity index (χ1v) is 6.58. The van der Waals surface area contributed by atoms with Crippen LogP contribution in [0.4, 0.5) is 5.00 Å². The van der Waals surface area contributed by atoms with E-state index in [0.717, 1.165) is 10.6 Å². The zero-order chi connectivity index (χ0) is 11.7. The van der Waals surface area contributed by atoms with Crippen LogP contribution in [0.15, 0.2) is 0 Å². The zero-order valence-corrected chi connectivity index (χ0v) is 10.7. The van der Waals surface area contributed by atoms with Crippen LogP contribution >= 0.6 is 11.3 Å². The Balaban J connectivity index is 2.35. The monoisotopic (exact) mass is 232 g/mol. The van der Waals surface area contributed by atoms with Crippen LogP contribution in [0.25, 0.3) is 0 Å². The lowest BCUT2D eigenvalue weighted by Crippen LogP contribution is -2.31. The molecule has 0 amide bonds. The first kappa shape index (κ1) is 10.2. The molecule has 1 aromatic heterocycles. The highest BCUT2D eigenvalue weighted by Crippen LogP contribution is 2.70. The van der Waals surface area contributed by atoms with Crippen molar-refractivity contribution in [1.82, 2.24) is 0 Å². The van der Waals surface area contributed by atoms with E-state index in [0.29, 0.717) is 5.92 Å². The number of nitriles is 1. The van der Waals surface area contributed by atoms with Crippen molar-refractivity contribution in [3.8, 4) is 6.07 Å². The van der Waals surface area contributed by atoms with Crippen LogP contribution in [-0.4, -0.2) is 0 Å². The van der Waals surface area contributed by atoms with E-state index in [1.807, 2.05) is 0 Å². The van der Waals surface area contributed by atoms with Crippen molar-refractivity contribution in [3.63, 3.8) is 0 Å². The van der Waals surface area contributed by atoms with Gasteiger partial charge in [-0.05, 0) is 29.7 Å². The molecule has 0 unspecified atom stereocenters. The summed E-state index contributed by atoms with van der Waals surface area (Å²) in [4.78, 5) is 1.40. The summed E-state index contributed by atoms with van der Waals surface area (Å²) in [7, 11) is 0. The third-order valence-electron chi connectivity index (χ3n) is 5.17. The zero-order valence-electron chi connectivity index (χ0n) is 9.92. The van der Waals surface area contributed by atoms with Crippen molar-refractivity contribution in [3.05, 3.63) is 16.0 Å². The Hall–Kier alpha value is -1.01. The summed E-state index contributed by atoms with van der Waals surface area (Å²) in [6.07, 6.45) is 2.45. The average Bonchev–Trinajstić information content (AvgIpc) is 2.70. The molecule has 0 aliphatic heterocycles. The van der Waals surface area contributed by atoms with E-state index < -0.39 is 0 Å². The van der Waals surface area contributed by atoms with E-state index in [4.69, 9.17) is 5.73 Å². The molecule has 1 heterocycles. The lowest BCUT2D eigenvalue weighted by molar-refractivity contribution is 0.231. The van der Waals surface area contributed by atoms with Crippen LogP contribution < -0.4 is 5.73 Å². The number of nitrogens with two attached hydrogens (primary N) is 1. The third kappa shape index (κ3) is 0.811. The van der Waals surface area contributed by atoms with Gasteiger partial charge in [-0.3, -0.25) is 0 Å². The van der Waals surface area contributed by atoms with Gasteiger partial charge in [-0.1, -0.05) is 20.8 Å². The van der Waals surface area contributed by atoms with Gasteiger partial charge in [0.05, 0.1) is 5.56 Å². The van der Waals surface area contributed by atoms with Crippen molar-refractivity contribution in [2.24, 2.45) is 5.41 Å². The minimum absolute atomic E-state index is 0.159. The predicted molar refractivity (Wildman–Crippen MR) is 66.6 cm³/mol. The van der Waals surface area contributed by atoms with Crippen LogP contribution in [0, 0.1) is 16.7 Å². The van der Waals surface area contributed by atoms with Crippen LogP contribution in [0.1, 0.15) is 55.5 Å². The van der Waals surface area contributed by atoms with Crippen LogP contribution in [0.5, 0.6) is 0 Å². The molecule has 1 saturated carbocycles. The standard InChI is InChI=1S/C13H16N2S/c1-12(2)8-4-5-13(12,3)9-7(6-14)11(15)16-10(8)9/h8H,4-5,15H2,1-3H3/t8-,13-/m1/s1. The average molecular weight is 232 g/mol. The highest BCUT2D eigenvalue weighted by molar-refractivity contribution is 7.16. The molecule has 0 radical (unpaired) electrons. The first-order valence-electron chi connectivity index (χ1n) is 5.76. The molecule has 2 nitrogen and oxygen atoms in total. The summed E-state index contributed by atoms with van der Waals surface area (Å²) < 4.78 is 0. The maximum absolute atomic E-state index is 9.26. The fraction of sp³-hybridized carbons (Fsp3) is 0.615. The molecule has 2 aliphatic carbocycles. The lowest BCUT2D eigenvalue weighted by Gasteiger charge is -2.35. The molecule has 2 bridgehead atoms. The van der Waals surface area contributed by atoms with Crippen molar-refractivity contribution in [2.75, 3.05) is 5.73 Å². The van der Waals surface area contributed by atoms with Crippen molar-refractivity contribution < 1.29 is 0 Å². The van der Waals surface area contributed by atoms with Crippen LogP contribution in [0.3, 0.4) is 0 Å². The Bertz CT molecular complexity index is 521. The molecule has 3 heteroatoms. The second-order valence-electron chi connectivity index (χ2n) is 5.84. The molecule has 1 aromatic rings. The molecule has 84 valence electrons. The van der Waals surface area contributed by atoms with E-state index in [2.05, 4.69) is 26.8 Å². The number of rotatable bonds is 0. The normalized spacial score (nSPS) is 33.8. The topological polar surface area (TPSA) is 49.8 Å². The Morgan fingerprint density at radius 1 is 1.44 bits per heavy atom. The third-order valence-corrected chi connectivity index (χ3v) is 6.30. The fourth-order valence-corrected chi connectivity index (χ4v) is 5.25. The second kappa shape index (κ2) is 2.62. The van der Waals surface area contributed by atoms with Gasteiger partial charge in [-0.25, -0.2) is 0 Å². The number of nitrogens with zero attached hydrogens (tertiary/aromatic N) is 1. The predicted octanol–water partition coefficient (Wildman–Crippen LogP) is 3.38. The highest BCUT2D eigenvalue weighted by Gasteiger charge is 2.61. The Morgan fingerprint density at radius 2 is 2.12 bits per heavy atom. The molecule has 3 rings (SSSR count). The molecule has 0 aromatic carbocycles. The quantitative estimate of drug-likeness (QED) is 0.745. The van der Waals surface area contributed by atoms with Crippen molar-refractivity contribution in [2.45, 2.75) is 44.9 Å². The molecule has 1 fully saturated rings. The van der Waals surface area contributed by atoms with Gasteiger partial charge in [0.15, 0.2) is 0 Å². The van der Waals surface area contributed by atoms with E-state index in [1.165, 1.54) is 23.3 Å². The van der Waals surface area contributed by atoms with E-state index in [1.54, 1.807) is 11.3 Å². The number of anilines is 1. The summed E-state index contributed by atoms with van der Waals surface area (Å²) in [6, 6.07) is 2.31. The smallest absolute Gasteiger partial charge is 0.104 e. The fourth-order valence-electron chi connectivity index (χ4n) is 3.78. The largest absolute Gasteiger partial charge is 0.389 e. The molecule has 16 heavy (non-hydrogen) atoms. The lowest BCUT2D eigenvalue weighted by atomic mass is 9.68. The van der Waals surface area contributed by atoms with E-state index in [9.17, 15) is 5.26 Å². The van der Waals surface area contributed by atoms with Crippen molar-refractivity contribution >= 4 is 16.3 Å². The van der Waals surface area contributed by atoms with Crippen LogP contribution in [-0.2, 0) is 5.41 Å². The Morgan fingerprint density at radius 3 is 2.75 bits per heavy atom. The summed E-state index contributed by atoms with van der Waals surface area (Å²) in [5, 5.41) is 9.98. The number of nitrogen functional groups attached to an aromatic ring is 1. The van der Waals surface area contributed by atoms with Gasteiger partial charge in [0.2, 0.25) is 0 Å². The minimum Gasteiger partial charge on any atom is -0.389 e. The Kier molecular flexibility index (Phi) is 1.67. The summed E-state index contributed by atoms with van der Waals surface area (Å²) in [5.74, 6) is 0.613. The molecular weight excluding hydrogens is 216 g/mol. The molecule has 0 saturated heterocycles. The first-order chi connectivity index (χ1) is 7.43. The summed E-state index contributed by atoms with van der Waals surface area (Å²) in [6.45, 7) is 7.00. The van der Waals surface area contributed by atoms with Gasteiger partial charge >= 0.3 is 0 Å². The van der Waals surface area contributed by atoms with Crippen LogP contribution in [0.2, 0.25) is 0 Å². The van der Waals surface area contributed by atoms with E-state index >= 15 is 0 Å². The number of hydrogen-bond acceptors (Lipinski definition) is 3. The number of fused-ring (bicyclic) bond motifs is 5. The number of thiophene rings is 1. The maximum Gasteiger partial charge on any atom is 0.104 e. The Labute approximate surface area is 100 Å². The summed E-state index contributed by atoms with van der Waals surface area (Å²) in [5.41, 5.74) is 8.44. The van der Waals surface area contributed by atoms with Gasteiger partial charge < -0.3 is 5.73 Å². The minimum atomic E-state index is 0.159. The molecule has 0 spiro atoms. The highest BCUT2D eigenvalue weighted by atomic mass is 32.1. The van der Waals surface area contributed by atoms with Gasteiger partial charge in [-0.15, -0.1) is 11.3 Å². The van der Waals surface area contributed by atoms with Gasteiger partial charge in [0, 0.05) is 10.3 Å².